The third-order valence-electron chi connectivity index (χ3n) is 5.47. The highest BCUT2D eigenvalue weighted by molar-refractivity contribution is 7.12. The molecule has 0 bridgehead atoms. The van der Waals surface area contributed by atoms with Crippen molar-refractivity contribution in [3.05, 3.63) is 68.8 Å². The van der Waals surface area contributed by atoms with Crippen LogP contribution in [0.2, 0.25) is 0 Å². The monoisotopic (exact) mass is 481 g/mol. The fraction of sp³-hybridized carbons (Fsp3) is 0.280. The highest BCUT2D eigenvalue weighted by Crippen LogP contribution is 2.33. The van der Waals surface area contributed by atoms with Crippen LogP contribution in [-0.2, 0) is 16.1 Å². The normalized spacial score (nSPS) is 12.1. The molecule has 0 saturated heterocycles. The summed E-state index contributed by atoms with van der Waals surface area (Å²) in [6.07, 6.45) is -1.05. The van der Waals surface area contributed by atoms with Crippen molar-refractivity contribution >= 4 is 34.3 Å². The zero-order chi connectivity index (χ0) is 24.6. The Morgan fingerprint density at radius 1 is 1.21 bits per heavy atom. The van der Waals surface area contributed by atoms with Crippen LogP contribution in [0.1, 0.15) is 38.3 Å². The van der Waals surface area contributed by atoms with Crippen molar-refractivity contribution in [2.75, 3.05) is 7.05 Å². The molecule has 1 amide bonds. The number of esters is 1. The number of pyridine rings is 1. The van der Waals surface area contributed by atoms with Gasteiger partial charge in [-0.15, -0.1) is 11.3 Å². The fourth-order valence-corrected chi connectivity index (χ4v) is 4.78. The van der Waals surface area contributed by atoms with Gasteiger partial charge in [0.25, 0.3) is 11.6 Å². The summed E-state index contributed by atoms with van der Waals surface area (Å²) in [5.74, 6) is -1.46. The van der Waals surface area contributed by atoms with E-state index in [2.05, 4.69) is 10.1 Å². The van der Waals surface area contributed by atoms with Gasteiger partial charge in [0.05, 0.1) is 22.3 Å². The number of fused-ring (bicyclic) bond motifs is 1. The molecule has 1 atom stereocenters. The lowest BCUT2D eigenvalue weighted by molar-refractivity contribution is -0.139. The van der Waals surface area contributed by atoms with Crippen molar-refractivity contribution in [3.8, 4) is 11.3 Å². The van der Waals surface area contributed by atoms with Gasteiger partial charge in [-0.3, -0.25) is 4.79 Å². The van der Waals surface area contributed by atoms with Crippen LogP contribution in [0.25, 0.3) is 22.4 Å². The number of hydrogen-bond donors (Lipinski definition) is 0. The van der Waals surface area contributed by atoms with E-state index in [9.17, 15) is 14.0 Å². The van der Waals surface area contributed by atoms with E-state index in [1.165, 1.54) is 24.0 Å². The summed E-state index contributed by atoms with van der Waals surface area (Å²) < 4.78 is 24.3. The first-order valence-corrected chi connectivity index (χ1v) is 11.5. The number of aryl methyl sites for hydroxylation is 3. The lowest BCUT2D eigenvalue weighted by Crippen LogP contribution is -2.37. The molecule has 0 fully saturated rings. The summed E-state index contributed by atoms with van der Waals surface area (Å²) in [6, 6.07) is 9.65. The Labute approximate surface area is 200 Å². The average molecular weight is 482 g/mol. The second-order valence-corrected chi connectivity index (χ2v) is 9.66. The van der Waals surface area contributed by atoms with Crippen LogP contribution >= 0.6 is 11.3 Å². The standard InChI is InChI=1S/C25H24FN3O4S/c1-13-9-19(16(4)34-13)21-11-20(22-14(2)28-33-23(22)27-21)25(31)32-15(3)24(30)29(5)12-17-7-6-8-18(26)10-17/h6-11,15H,12H2,1-5H3/t15-/m1/s1. The van der Waals surface area contributed by atoms with Gasteiger partial charge >= 0.3 is 5.97 Å². The first kappa shape index (κ1) is 23.6. The number of likely N-dealkylation sites (N-methyl/N-ethyl adjacent to an activating group) is 1. The second kappa shape index (κ2) is 9.34. The molecule has 0 radical (unpaired) electrons. The van der Waals surface area contributed by atoms with Crippen LogP contribution < -0.4 is 0 Å². The molecule has 0 unspecified atom stereocenters. The Morgan fingerprint density at radius 3 is 2.65 bits per heavy atom. The lowest BCUT2D eigenvalue weighted by Gasteiger charge is -2.21. The van der Waals surface area contributed by atoms with Gasteiger partial charge in [0.2, 0.25) is 0 Å². The van der Waals surface area contributed by atoms with Crippen LogP contribution in [0.3, 0.4) is 0 Å². The number of thiophene rings is 1. The van der Waals surface area contributed by atoms with Gasteiger partial charge in [0.1, 0.15) is 5.82 Å². The first-order valence-electron chi connectivity index (χ1n) is 10.7. The van der Waals surface area contributed by atoms with Gasteiger partial charge < -0.3 is 14.2 Å². The Morgan fingerprint density at radius 2 is 1.97 bits per heavy atom. The van der Waals surface area contributed by atoms with Crippen LogP contribution in [0.4, 0.5) is 4.39 Å². The highest BCUT2D eigenvalue weighted by Gasteiger charge is 2.26. The predicted molar refractivity (Wildman–Crippen MR) is 127 cm³/mol. The fourth-order valence-electron chi connectivity index (χ4n) is 3.85. The number of benzene rings is 1. The third kappa shape index (κ3) is 4.70. The number of nitrogens with zero attached hydrogens (tertiary/aromatic N) is 3. The van der Waals surface area contributed by atoms with E-state index in [0.717, 1.165) is 15.3 Å². The van der Waals surface area contributed by atoms with Gasteiger partial charge in [-0.25, -0.2) is 14.2 Å². The van der Waals surface area contributed by atoms with Crippen LogP contribution in [-0.4, -0.2) is 40.1 Å². The molecule has 4 rings (SSSR count). The van der Waals surface area contributed by atoms with Gasteiger partial charge in [-0.2, -0.15) is 0 Å². The minimum absolute atomic E-state index is 0.184. The first-order chi connectivity index (χ1) is 16.1. The third-order valence-corrected chi connectivity index (χ3v) is 6.44. The van der Waals surface area contributed by atoms with E-state index in [-0.39, 0.29) is 23.6 Å². The van der Waals surface area contributed by atoms with Crippen LogP contribution in [0, 0.1) is 26.6 Å². The number of rotatable bonds is 6. The Bertz CT molecular complexity index is 1390. The van der Waals surface area contributed by atoms with E-state index in [1.54, 1.807) is 43.5 Å². The summed E-state index contributed by atoms with van der Waals surface area (Å²) >= 11 is 1.63. The molecular formula is C25H24FN3O4S. The molecule has 0 aliphatic rings. The smallest absolute Gasteiger partial charge is 0.339 e. The number of carbonyl (C=O) groups excluding carboxylic acids is 2. The van der Waals surface area contributed by atoms with Crippen molar-refractivity contribution in [3.63, 3.8) is 0 Å². The maximum Gasteiger partial charge on any atom is 0.339 e. The summed E-state index contributed by atoms with van der Waals surface area (Å²) in [4.78, 5) is 34.1. The molecule has 0 spiro atoms. The highest BCUT2D eigenvalue weighted by atomic mass is 32.1. The molecule has 3 heterocycles. The molecule has 3 aromatic heterocycles. The quantitative estimate of drug-likeness (QED) is 0.351. The summed E-state index contributed by atoms with van der Waals surface area (Å²) in [5.41, 5.74) is 3.06. The van der Waals surface area contributed by atoms with Crippen LogP contribution in [0.15, 0.2) is 40.9 Å². The molecule has 0 aliphatic heterocycles. The Hall–Kier alpha value is -3.59. The molecule has 176 valence electrons. The maximum atomic E-state index is 13.5. The summed E-state index contributed by atoms with van der Waals surface area (Å²) in [7, 11) is 1.58. The van der Waals surface area contributed by atoms with Gasteiger partial charge in [0.15, 0.2) is 6.10 Å². The van der Waals surface area contributed by atoms with E-state index < -0.39 is 18.0 Å². The second-order valence-electron chi connectivity index (χ2n) is 8.20. The van der Waals surface area contributed by atoms with Crippen molar-refractivity contribution in [2.45, 2.75) is 40.3 Å². The van der Waals surface area contributed by atoms with Crippen molar-refractivity contribution in [1.82, 2.24) is 15.0 Å². The largest absolute Gasteiger partial charge is 0.449 e. The van der Waals surface area contributed by atoms with E-state index in [0.29, 0.717) is 22.3 Å². The summed E-state index contributed by atoms with van der Waals surface area (Å²) in [6.45, 7) is 7.39. The summed E-state index contributed by atoms with van der Waals surface area (Å²) in [5, 5.41) is 4.40. The molecule has 4 aromatic rings. The molecule has 0 saturated carbocycles. The number of carbonyl (C=O) groups is 2. The number of ether oxygens (including phenoxy) is 1. The topological polar surface area (TPSA) is 85.5 Å². The Balaban J connectivity index is 1.59. The lowest BCUT2D eigenvalue weighted by atomic mass is 10.1. The minimum Gasteiger partial charge on any atom is -0.449 e. The number of aromatic nitrogens is 2. The van der Waals surface area contributed by atoms with Crippen molar-refractivity contribution < 1.29 is 23.2 Å². The predicted octanol–water partition coefficient (Wildman–Crippen LogP) is 5.22. The van der Waals surface area contributed by atoms with Gasteiger partial charge in [0, 0.05) is 28.9 Å². The molecule has 9 heteroatoms. The number of amides is 1. The van der Waals surface area contributed by atoms with Gasteiger partial charge in [-0.1, -0.05) is 17.3 Å². The average Bonchev–Trinajstić information content (AvgIpc) is 3.33. The van der Waals surface area contributed by atoms with Crippen molar-refractivity contribution in [2.24, 2.45) is 0 Å². The zero-order valence-electron chi connectivity index (χ0n) is 19.5. The zero-order valence-corrected chi connectivity index (χ0v) is 20.3. The molecule has 34 heavy (non-hydrogen) atoms. The molecule has 0 N–H and O–H groups in total. The molecular weight excluding hydrogens is 457 g/mol. The number of hydrogen-bond acceptors (Lipinski definition) is 7. The SMILES string of the molecule is Cc1cc(-c2cc(C(=O)O[C@H](C)C(=O)N(C)Cc3cccc(F)c3)c3c(C)noc3n2)c(C)s1. The van der Waals surface area contributed by atoms with E-state index >= 15 is 0 Å². The van der Waals surface area contributed by atoms with E-state index in [1.807, 2.05) is 19.9 Å². The minimum atomic E-state index is -1.05. The molecule has 0 aliphatic carbocycles. The van der Waals surface area contributed by atoms with E-state index in [4.69, 9.17) is 9.26 Å². The molecule has 1 aromatic carbocycles. The van der Waals surface area contributed by atoms with Crippen LogP contribution in [0.5, 0.6) is 0 Å². The van der Waals surface area contributed by atoms with Crippen molar-refractivity contribution in [1.29, 1.82) is 0 Å². The molecule has 7 nitrogen and oxygen atoms in total. The maximum absolute atomic E-state index is 13.5. The number of halogens is 1. The Kier molecular flexibility index (Phi) is 6.47. The van der Waals surface area contributed by atoms with Gasteiger partial charge in [-0.05, 0) is 57.5 Å².